The third-order valence-electron chi connectivity index (χ3n) is 10.2. The first kappa shape index (κ1) is 27.6. The molecule has 4 heteroatoms. The van der Waals surface area contributed by atoms with Gasteiger partial charge in [-0.2, -0.15) is 0 Å². The van der Waals surface area contributed by atoms with Crippen LogP contribution in [0.2, 0.25) is 0 Å². The van der Waals surface area contributed by atoms with Crippen LogP contribution in [0.4, 0.5) is 0 Å². The molecule has 8 aromatic carbocycles. The van der Waals surface area contributed by atoms with Gasteiger partial charge in [0.1, 0.15) is 0 Å². The van der Waals surface area contributed by atoms with Crippen molar-refractivity contribution in [2.45, 2.75) is 0 Å². The Kier molecular flexibility index (Phi) is 5.83. The Hall–Kier alpha value is -6.36. The van der Waals surface area contributed by atoms with Gasteiger partial charge in [0.2, 0.25) is 0 Å². The van der Waals surface area contributed by atoms with Gasteiger partial charge in [0.05, 0.1) is 22.2 Å². The Morgan fingerprint density at radius 1 is 0.460 bits per heavy atom. The zero-order valence-electron chi connectivity index (χ0n) is 26.8. The van der Waals surface area contributed by atoms with Gasteiger partial charge in [0.25, 0.3) is 0 Å². The van der Waals surface area contributed by atoms with E-state index in [9.17, 15) is 0 Å². The number of hydrogen-bond acceptors (Lipinski definition) is 3. The molecular formula is C46H27N3S. The Morgan fingerprint density at radius 2 is 1.06 bits per heavy atom. The van der Waals surface area contributed by atoms with Crippen molar-refractivity contribution in [1.29, 1.82) is 0 Å². The highest BCUT2D eigenvalue weighted by Crippen LogP contribution is 2.45. The van der Waals surface area contributed by atoms with Crippen LogP contribution in [-0.4, -0.2) is 14.5 Å². The zero-order chi connectivity index (χ0) is 32.8. The van der Waals surface area contributed by atoms with Gasteiger partial charge < -0.3 is 4.57 Å². The number of thiophene rings is 1. The van der Waals surface area contributed by atoms with E-state index in [-0.39, 0.29) is 0 Å². The minimum absolute atomic E-state index is 0.734. The average Bonchev–Trinajstić information content (AvgIpc) is 3.74. The summed E-state index contributed by atoms with van der Waals surface area (Å²) in [6, 6.07) is 58.9. The molecule has 0 amide bonds. The second-order valence-electron chi connectivity index (χ2n) is 12.9. The van der Waals surface area contributed by atoms with Crippen molar-refractivity contribution >= 4 is 85.8 Å². The standard InChI is InChI=1S/C46H27N3S/c1-2-14-30(15-3-1)44-35-19-8-10-20-38(35)47-46(48-44)37-27-31(26-36-34-18-9-11-21-41(34)50-45(36)37)49-39-24-22-28-12-4-6-16-32(28)42(39)43-33-17-7-5-13-29(33)23-25-40(43)49/h1-27H. The SMILES string of the molecule is c1ccc(-c2nc(-c3cc(-n4c5ccc6ccccc6c5c5c6ccccc6ccc54)cc4c3sc3ccccc34)nc3ccccc23)cc1. The lowest BCUT2D eigenvalue weighted by Crippen LogP contribution is -1.98. The molecule has 0 bridgehead atoms. The molecule has 0 aliphatic carbocycles. The number of hydrogen-bond donors (Lipinski definition) is 0. The summed E-state index contributed by atoms with van der Waals surface area (Å²) in [5.74, 6) is 0.734. The van der Waals surface area contributed by atoms with Crippen LogP contribution >= 0.6 is 11.3 Å². The molecule has 11 rings (SSSR count). The fourth-order valence-corrected chi connectivity index (χ4v) is 9.14. The summed E-state index contributed by atoms with van der Waals surface area (Å²) in [7, 11) is 0. The van der Waals surface area contributed by atoms with Gasteiger partial charge in [-0.3, -0.25) is 0 Å². The molecular weight excluding hydrogens is 627 g/mol. The zero-order valence-corrected chi connectivity index (χ0v) is 27.7. The summed E-state index contributed by atoms with van der Waals surface area (Å²) in [5, 5.41) is 11.1. The van der Waals surface area contributed by atoms with Crippen LogP contribution in [-0.2, 0) is 0 Å². The Labute approximate surface area is 291 Å². The Morgan fingerprint density at radius 3 is 1.78 bits per heavy atom. The number of rotatable bonds is 3. The minimum atomic E-state index is 0.734. The van der Waals surface area contributed by atoms with Crippen molar-refractivity contribution in [2.24, 2.45) is 0 Å². The van der Waals surface area contributed by atoms with E-state index in [0.29, 0.717) is 0 Å². The minimum Gasteiger partial charge on any atom is -0.309 e. The molecule has 0 aliphatic heterocycles. The average molecular weight is 654 g/mol. The molecule has 0 spiro atoms. The maximum atomic E-state index is 5.38. The van der Waals surface area contributed by atoms with Crippen LogP contribution in [0.15, 0.2) is 164 Å². The molecule has 232 valence electrons. The third kappa shape index (κ3) is 3.97. The molecule has 11 aromatic rings. The van der Waals surface area contributed by atoms with Gasteiger partial charge in [0, 0.05) is 53.1 Å². The van der Waals surface area contributed by atoms with E-state index in [0.717, 1.165) is 39.2 Å². The molecule has 3 aromatic heterocycles. The Bertz CT molecular complexity index is 3060. The van der Waals surface area contributed by atoms with Crippen LogP contribution in [0.1, 0.15) is 0 Å². The number of fused-ring (bicyclic) bond motifs is 11. The highest BCUT2D eigenvalue weighted by Gasteiger charge is 2.21. The molecule has 0 fully saturated rings. The summed E-state index contributed by atoms with van der Waals surface area (Å²) >= 11 is 1.82. The second kappa shape index (κ2) is 10.6. The van der Waals surface area contributed by atoms with E-state index in [1.165, 1.54) is 63.5 Å². The van der Waals surface area contributed by atoms with Crippen LogP contribution in [0.5, 0.6) is 0 Å². The largest absolute Gasteiger partial charge is 0.309 e. The highest BCUT2D eigenvalue weighted by molar-refractivity contribution is 7.26. The first-order valence-corrected chi connectivity index (χ1v) is 17.7. The van der Waals surface area contributed by atoms with Gasteiger partial charge >= 0.3 is 0 Å². The van der Waals surface area contributed by atoms with E-state index in [2.05, 4.69) is 168 Å². The molecule has 0 saturated heterocycles. The van der Waals surface area contributed by atoms with Crippen molar-refractivity contribution in [3.05, 3.63) is 164 Å². The van der Waals surface area contributed by atoms with E-state index in [1.807, 2.05) is 11.3 Å². The predicted molar refractivity (Wildman–Crippen MR) is 213 cm³/mol. The quantitative estimate of drug-likeness (QED) is 0.190. The molecule has 0 aliphatic rings. The molecule has 50 heavy (non-hydrogen) atoms. The van der Waals surface area contributed by atoms with Gasteiger partial charge in [-0.05, 0) is 57.9 Å². The fraction of sp³-hybridized carbons (Fsp3) is 0. The molecule has 0 atom stereocenters. The number of para-hydroxylation sites is 1. The summed E-state index contributed by atoms with van der Waals surface area (Å²) in [4.78, 5) is 10.6. The topological polar surface area (TPSA) is 30.7 Å². The monoisotopic (exact) mass is 653 g/mol. The lowest BCUT2D eigenvalue weighted by Gasteiger charge is -2.14. The molecule has 0 unspecified atom stereocenters. The first-order valence-electron chi connectivity index (χ1n) is 16.9. The van der Waals surface area contributed by atoms with Crippen molar-refractivity contribution in [1.82, 2.24) is 14.5 Å². The highest BCUT2D eigenvalue weighted by atomic mass is 32.1. The van der Waals surface area contributed by atoms with Gasteiger partial charge in [-0.15, -0.1) is 11.3 Å². The summed E-state index contributed by atoms with van der Waals surface area (Å²) in [5.41, 5.74) is 7.47. The molecule has 3 nitrogen and oxygen atoms in total. The van der Waals surface area contributed by atoms with Crippen molar-refractivity contribution in [3.8, 4) is 28.3 Å². The molecule has 0 N–H and O–H groups in total. The van der Waals surface area contributed by atoms with Gasteiger partial charge in [-0.25, -0.2) is 9.97 Å². The molecule has 3 heterocycles. The maximum absolute atomic E-state index is 5.38. The van der Waals surface area contributed by atoms with Crippen molar-refractivity contribution in [2.75, 3.05) is 0 Å². The van der Waals surface area contributed by atoms with E-state index < -0.39 is 0 Å². The van der Waals surface area contributed by atoms with Crippen LogP contribution in [0.25, 0.3) is 103 Å². The maximum Gasteiger partial charge on any atom is 0.161 e. The van der Waals surface area contributed by atoms with Gasteiger partial charge in [-0.1, -0.05) is 127 Å². The third-order valence-corrected chi connectivity index (χ3v) is 11.4. The van der Waals surface area contributed by atoms with Crippen LogP contribution in [0, 0.1) is 0 Å². The predicted octanol–water partition coefficient (Wildman–Crippen LogP) is 12.7. The van der Waals surface area contributed by atoms with Crippen LogP contribution < -0.4 is 0 Å². The van der Waals surface area contributed by atoms with E-state index >= 15 is 0 Å². The van der Waals surface area contributed by atoms with E-state index in [1.54, 1.807) is 0 Å². The lowest BCUT2D eigenvalue weighted by molar-refractivity contribution is 1.18. The summed E-state index contributed by atoms with van der Waals surface area (Å²) in [6.45, 7) is 0. The second-order valence-corrected chi connectivity index (χ2v) is 14.0. The normalized spacial score (nSPS) is 12.0. The Balaban J connectivity index is 1.30. The van der Waals surface area contributed by atoms with Crippen molar-refractivity contribution in [3.63, 3.8) is 0 Å². The van der Waals surface area contributed by atoms with Gasteiger partial charge in [0.15, 0.2) is 5.82 Å². The summed E-state index contributed by atoms with van der Waals surface area (Å²) in [6.07, 6.45) is 0. The van der Waals surface area contributed by atoms with E-state index in [4.69, 9.17) is 9.97 Å². The molecule has 0 radical (unpaired) electrons. The van der Waals surface area contributed by atoms with Crippen LogP contribution in [0.3, 0.4) is 0 Å². The van der Waals surface area contributed by atoms with Crippen molar-refractivity contribution < 1.29 is 0 Å². The fourth-order valence-electron chi connectivity index (χ4n) is 7.95. The molecule has 0 saturated carbocycles. The number of nitrogens with zero attached hydrogens (tertiary/aromatic N) is 3. The lowest BCUT2D eigenvalue weighted by atomic mass is 10.00. The number of aromatic nitrogens is 3. The number of benzene rings is 8. The summed E-state index contributed by atoms with van der Waals surface area (Å²) < 4.78 is 4.91. The smallest absolute Gasteiger partial charge is 0.161 e. The first-order chi connectivity index (χ1) is 24.8.